The summed E-state index contributed by atoms with van der Waals surface area (Å²) in [4.78, 5) is 11.5. The van der Waals surface area contributed by atoms with Crippen molar-refractivity contribution in [2.24, 2.45) is 5.16 Å². The third-order valence-electron chi connectivity index (χ3n) is 2.41. The van der Waals surface area contributed by atoms with Gasteiger partial charge in [0.25, 0.3) is 0 Å². The summed E-state index contributed by atoms with van der Waals surface area (Å²) in [5.74, 6) is -0.342. The number of ether oxygens (including phenoxy) is 1. The zero-order chi connectivity index (χ0) is 15.3. The van der Waals surface area contributed by atoms with Gasteiger partial charge in [-0.25, -0.2) is 9.18 Å². The number of aryl methyl sites for hydroxylation is 1. The van der Waals surface area contributed by atoms with E-state index in [2.05, 4.69) is 10.5 Å². The minimum absolute atomic E-state index is 0.0174. The highest BCUT2D eigenvalue weighted by Crippen LogP contribution is 2.10. The summed E-state index contributed by atoms with van der Waals surface area (Å²) in [5, 5.41) is 14.6. The van der Waals surface area contributed by atoms with Gasteiger partial charge in [0.05, 0.1) is 6.54 Å². The van der Waals surface area contributed by atoms with E-state index in [-0.39, 0.29) is 18.1 Å². The fraction of sp³-hybridized carbons (Fsp3) is 0.429. The summed E-state index contributed by atoms with van der Waals surface area (Å²) < 4.78 is 18.2. The SMILES string of the molecule is Cc1cc(C(CNC(=O)OC(C)(C)C)=NO)ccc1F. The maximum atomic E-state index is 13.2. The standard InChI is InChI=1S/C14H19FN2O3/c1-9-7-10(5-6-11(9)15)12(17-19)8-16-13(18)20-14(2,3)4/h5-7,19H,8H2,1-4H3,(H,16,18). The molecular formula is C14H19FN2O3. The molecule has 0 aliphatic carbocycles. The number of oxime groups is 1. The van der Waals surface area contributed by atoms with E-state index in [0.29, 0.717) is 11.1 Å². The Morgan fingerprint density at radius 3 is 2.60 bits per heavy atom. The molecule has 110 valence electrons. The van der Waals surface area contributed by atoms with Crippen LogP contribution >= 0.6 is 0 Å². The molecule has 0 heterocycles. The molecule has 1 aromatic carbocycles. The number of carbonyl (C=O) groups excluding carboxylic acids is 1. The van der Waals surface area contributed by atoms with E-state index >= 15 is 0 Å². The third-order valence-corrected chi connectivity index (χ3v) is 2.41. The summed E-state index contributed by atoms with van der Waals surface area (Å²) in [6.07, 6.45) is -0.613. The second-order valence-electron chi connectivity index (χ2n) is 5.37. The van der Waals surface area contributed by atoms with Gasteiger partial charge in [0.1, 0.15) is 17.1 Å². The van der Waals surface area contributed by atoms with Gasteiger partial charge in [0.15, 0.2) is 0 Å². The van der Waals surface area contributed by atoms with E-state index in [1.165, 1.54) is 12.1 Å². The number of amides is 1. The molecule has 0 fully saturated rings. The number of rotatable bonds is 3. The van der Waals surface area contributed by atoms with Crippen molar-refractivity contribution in [3.8, 4) is 0 Å². The number of nitrogens with zero attached hydrogens (tertiary/aromatic N) is 1. The molecule has 1 rings (SSSR count). The van der Waals surface area contributed by atoms with E-state index < -0.39 is 11.7 Å². The van der Waals surface area contributed by atoms with Gasteiger partial charge in [-0.3, -0.25) is 0 Å². The number of hydrogen-bond donors (Lipinski definition) is 2. The van der Waals surface area contributed by atoms with Gasteiger partial charge in [-0.1, -0.05) is 11.2 Å². The fourth-order valence-electron chi connectivity index (χ4n) is 1.49. The van der Waals surface area contributed by atoms with Crippen molar-refractivity contribution < 1.29 is 19.1 Å². The lowest BCUT2D eigenvalue weighted by Gasteiger charge is -2.19. The highest BCUT2D eigenvalue weighted by atomic mass is 19.1. The van der Waals surface area contributed by atoms with E-state index in [0.717, 1.165) is 0 Å². The van der Waals surface area contributed by atoms with Gasteiger partial charge in [0, 0.05) is 5.56 Å². The van der Waals surface area contributed by atoms with E-state index in [1.807, 2.05) is 0 Å². The summed E-state index contributed by atoms with van der Waals surface area (Å²) >= 11 is 0. The van der Waals surface area contributed by atoms with Crippen molar-refractivity contribution in [2.75, 3.05) is 6.54 Å². The second kappa shape index (κ2) is 6.36. The molecule has 0 spiro atoms. The van der Waals surface area contributed by atoms with Crippen LogP contribution in [-0.4, -0.2) is 29.2 Å². The maximum Gasteiger partial charge on any atom is 0.407 e. The fourth-order valence-corrected chi connectivity index (χ4v) is 1.49. The van der Waals surface area contributed by atoms with Crippen LogP contribution in [0.2, 0.25) is 0 Å². The predicted octanol–water partition coefficient (Wildman–Crippen LogP) is 2.84. The molecular weight excluding hydrogens is 263 g/mol. The lowest BCUT2D eigenvalue weighted by Crippen LogP contribution is -2.35. The van der Waals surface area contributed by atoms with Crippen LogP contribution in [0.1, 0.15) is 31.9 Å². The Morgan fingerprint density at radius 1 is 1.45 bits per heavy atom. The molecule has 0 atom stereocenters. The lowest BCUT2D eigenvalue weighted by atomic mass is 10.1. The smallest absolute Gasteiger partial charge is 0.407 e. The van der Waals surface area contributed by atoms with Crippen molar-refractivity contribution in [1.82, 2.24) is 5.32 Å². The molecule has 0 saturated carbocycles. The van der Waals surface area contributed by atoms with Crippen LogP contribution in [0, 0.1) is 12.7 Å². The third kappa shape index (κ3) is 4.87. The summed E-state index contributed by atoms with van der Waals surface area (Å²) in [7, 11) is 0. The first-order valence-corrected chi connectivity index (χ1v) is 6.17. The van der Waals surface area contributed by atoms with Crippen LogP contribution in [0.3, 0.4) is 0 Å². The van der Waals surface area contributed by atoms with Crippen LogP contribution in [0.5, 0.6) is 0 Å². The summed E-state index contributed by atoms with van der Waals surface area (Å²) in [6, 6.07) is 4.30. The summed E-state index contributed by atoms with van der Waals surface area (Å²) in [5.41, 5.74) is 0.579. The van der Waals surface area contributed by atoms with E-state index in [1.54, 1.807) is 33.8 Å². The minimum Gasteiger partial charge on any atom is -0.444 e. The average molecular weight is 282 g/mol. The van der Waals surface area contributed by atoms with Crippen LogP contribution in [0.4, 0.5) is 9.18 Å². The molecule has 20 heavy (non-hydrogen) atoms. The van der Waals surface area contributed by atoms with Gasteiger partial charge in [-0.2, -0.15) is 0 Å². The average Bonchev–Trinajstić information content (AvgIpc) is 2.32. The molecule has 1 aromatic rings. The molecule has 0 bridgehead atoms. The van der Waals surface area contributed by atoms with Gasteiger partial charge in [0.2, 0.25) is 0 Å². The second-order valence-corrected chi connectivity index (χ2v) is 5.37. The first-order chi connectivity index (χ1) is 9.23. The number of nitrogens with one attached hydrogen (secondary N) is 1. The Labute approximate surface area is 117 Å². The Balaban J connectivity index is 2.69. The molecule has 0 aliphatic heterocycles. The Hall–Kier alpha value is -2.11. The van der Waals surface area contributed by atoms with E-state index in [4.69, 9.17) is 9.94 Å². The van der Waals surface area contributed by atoms with E-state index in [9.17, 15) is 9.18 Å². The monoisotopic (exact) mass is 282 g/mol. The lowest BCUT2D eigenvalue weighted by molar-refractivity contribution is 0.0536. The Bertz CT molecular complexity index is 522. The number of halogens is 1. The first-order valence-electron chi connectivity index (χ1n) is 6.17. The number of hydrogen-bond acceptors (Lipinski definition) is 4. The van der Waals surface area contributed by atoms with Crippen LogP contribution < -0.4 is 5.32 Å². The minimum atomic E-state index is -0.613. The zero-order valence-electron chi connectivity index (χ0n) is 12.0. The molecule has 1 amide bonds. The molecule has 0 saturated heterocycles. The Kier molecular flexibility index (Phi) is 5.07. The maximum absolute atomic E-state index is 13.2. The predicted molar refractivity (Wildman–Crippen MR) is 73.7 cm³/mol. The Morgan fingerprint density at radius 2 is 2.10 bits per heavy atom. The molecule has 0 aliphatic rings. The molecule has 0 unspecified atom stereocenters. The molecule has 0 aromatic heterocycles. The van der Waals surface area contributed by atoms with Crippen LogP contribution in [0.25, 0.3) is 0 Å². The van der Waals surface area contributed by atoms with Gasteiger partial charge >= 0.3 is 6.09 Å². The topological polar surface area (TPSA) is 70.9 Å². The molecule has 6 heteroatoms. The van der Waals surface area contributed by atoms with Crippen molar-refractivity contribution in [1.29, 1.82) is 0 Å². The molecule has 0 radical (unpaired) electrons. The molecule has 2 N–H and O–H groups in total. The van der Waals surface area contributed by atoms with Crippen molar-refractivity contribution >= 4 is 11.8 Å². The number of alkyl carbamates (subject to hydrolysis) is 1. The summed E-state index contributed by atoms with van der Waals surface area (Å²) in [6.45, 7) is 6.83. The van der Waals surface area contributed by atoms with Gasteiger partial charge in [-0.05, 0) is 45.4 Å². The quantitative estimate of drug-likeness (QED) is 0.509. The van der Waals surface area contributed by atoms with Crippen molar-refractivity contribution in [3.05, 3.63) is 35.1 Å². The number of carbonyl (C=O) groups is 1. The highest BCUT2D eigenvalue weighted by molar-refractivity contribution is 6.02. The van der Waals surface area contributed by atoms with Crippen LogP contribution in [0.15, 0.2) is 23.4 Å². The highest BCUT2D eigenvalue weighted by Gasteiger charge is 2.16. The largest absolute Gasteiger partial charge is 0.444 e. The van der Waals surface area contributed by atoms with Gasteiger partial charge in [-0.15, -0.1) is 0 Å². The normalized spacial score (nSPS) is 12.2. The number of benzene rings is 1. The first kappa shape index (κ1) is 15.9. The van der Waals surface area contributed by atoms with Crippen LogP contribution in [-0.2, 0) is 4.74 Å². The van der Waals surface area contributed by atoms with Gasteiger partial charge < -0.3 is 15.3 Å². The van der Waals surface area contributed by atoms with Crippen molar-refractivity contribution in [2.45, 2.75) is 33.3 Å². The molecule has 5 nitrogen and oxygen atoms in total. The zero-order valence-corrected chi connectivity index (χ0v) is 12.0. The van der Waals surface area contributed by atoms with Crippen molar-refractivity contribution in [3.63, 3.8) is 0 Å².